The van der Waals surface area contributed by atoms with Crippen LogP contribution in [0.4, 0.5) is 0 Å². The van der Waals surface area contributed by atoms with Gasteiger partial charge in [0.25, 0.3) is 0 Å². The molecule has 0 aliphatic heterocycles. The van der Waals surface area contributed by atoms with Crippen LogP contribution in [0.1, 0.15) is 11.1 Å². The predicted molar refractivity (Wildman–Crippen MR) is 209 cm³/mol. The van der Waals surface area contributed by atoms with Crippen molar-refractivity contribution >= 4 is 43.6 Å². The molecule has 0 atom stereocenters. The van der Waals surface area contributed by atoms with E-state index in [0.717, 1.165) is 39.6 Å². The van der Waals surface area contributed by atoms with Crippen LogP contribution in [0.2, 0.25) is 0 Å². The SMILES string of the molecule is c1ccc2c(c1)c1cnccc1n2-c1ccc(-c2ccc(Cc3ccc(-c4ccc(-n5c6ccncc6c6cnccc65)cc4)cc3)cc2)cc1. The second kappa shape index (κ2) is 11.9. The molecule has 0 aliphatic carbocycles. The molecular weight excluding hydrogens is 623 g/mol. The minimum absolute atomic E-state index is 0.887. The summed E-state index contributed by atoms with van der Waals surface area (Å²) in [6.45, 7) is 0. The Hall–Kier alpha value is -6.85. The molecule has 0 unspecified atom stereocenters. The Bertz CT molecular complexity index is 2540. The molecule has 5 nitrogen and oxygen atoms in total. The van der Waals surface area contributed by atoms with Crippen molar-refractivity contribution in [3.63, 3.8) is 0 Å². The fourth-order valence-electron chi connectivity index (χ4n) is 7.55. The van der Waals surface area contributed by atoms with Gasteiger partial charge < -0.3 is 9.13 Å². The molecule has 0 bridgehead atoms. The van der Waals surface area contributed by atoms with Crippen LogP contribution in [0.3, 0.4) is 0 Å². The topological polar surface area (TPSA) is 48.5 Å². The zero-order chi connectivity index (χ0) is 33.7. The van der Waals surface area contributed by atoms with Gasteiger partial charge in [0, 0.05) is 70.1 Å². The summed E-state index contributed by atoms with van der Waals surface area (Å²) in [6, 6.07) is 50.3. The first-order valence-electron chi connectivity index (χ1n) is 17.2. The quantitative estimate of drug-likeness (QED) is 0.179. The van der Waals surface area contributed by atoms with E-state index in [-0.39, 0.29) is 0 Å². The largest absolute Gasteiger partial charge is 0.309 e. The Morgan fingerprint density at radius 3 is 1.12 bits per heavy atom. The van der Waals surface area contributed by atoms with Gasteiger partial charge in [0.15, 0.2) is 0 Å². The van der Waals surface area contributed by atoms with E-state index in [1.165, 1.54) is 55.2 Å². The lowest BCUT2D eigenvalue weighted by Gasteiger charge is -2.10. The lowest BCUT2D eigenvalue weighted by atomic mass is 9.98. The molecule has 240 valence electrons. The molecule has 5 heteroatoms. The van der Waals surface area contributed by atoms with E-state index in [0.29, 0.717) is 0 Å². The highest BCUT2D eigenvalue weighted by molar-refractivity contribution is 6.09. The van der Waals surface area contributed by atoms with Gasteiger partial charge in [-0.1, -0.05) is 91.0 Å². The number of benzene rings is 5. The standard InChI is InChI=1S/C46H31N5/c1-2-4-43-39(3-1)40-28-47-24-21-44(40)50(43)37-17-13-35(14-18-37)33-9-5-31(6-10-33)27-32-7-11-34(12-8-32)36-15-19-38(20-16-36)51-45-22-25-48-29-41(45)42-30-49-26-23-46(42)51/h1-26,28-30H,27H2. The molecular formula is C46H31N5. The molecule has 0 amide bonds. The molecule has 0 N–H and O–H groups in total. The van der Waals surface area contributed by atoms with Crippen LogP contribution in [-0.4, -0.2) is 24.1 Å². The number of hydrogen-bond acceptors (Lipinski definition) is 3. The average molecular weight is 654 g/mol. The zero-order valence-corrected chi connectivity index (χ0v) is 27.7. The Morgan fingerprint density at radius 2 is 0.686 bits per heavy atom. The van der Waals surface area contributed by atoms with Crippen molar-refractivity contribution in [2.75, 3.05) is 0 Å². The molecule has 0 spiro atoms. The summed E-state index contributed by atoms with van der Waals surface area (Å²) in [4.78, 5) is 13.1. The summed E-state index contributed by atoms with van der Waals surface area (Å²) in [6.07, 6.45) is 12.3. The van der Waals surface area contributed by atoms with E-state index in [9.17, 15) is 0 Å². The summed E-state index contributed by atoms with van der Waals surface area (Å²) in [5.41, 5.74) is 14.3. The Labute approximate surface area is 294 Å². The number of fused-ring (bicyclic) bond motifs is 6. The highest BCUT2D eigenvalue weighted by Gasteiger charge is 2.14. The highest BCUT2D eigenvalue weighted by atomic mass is 15.0. The molecule has 10 aromatic rings. The molecule has 0 saturated carbocycles. The number of nitrogens with zero attached hydrogens (tertiary/aromatic N) is 5. The summed E-state index contributed by atoms with van der Waals surface area (Å²) in [5.74, 6) is 0. The first-order valence-corrected chi connectivity index (χ1v) is 17.2. The number of hydrogen-bond donors (Lipinski definition) is 0. The Balaban J connectivity index is 0.853. The van der Waals surface area contributed by atoms with Gasteiger partial charge in [0.1, 0.15) is 0 Å². The number of pyridine rings is 3. The zero-order valence-electron chi connectivity index (χ0n) is 27.7. The third-order valence-corrected chi connectivity index (χ3v) is 10.1. The molecule has 0 radical (unpaired) electrons. The first-order chi connectivity index (χ1) is 25.3. The maximum absolute atomic E-state index is 4.38. The van der Waals surface area contributed by atoms with Crippen molar-refractivity contribution in [3.05, 3.63) is 188 Å². The van der Waals surface area contributed by atoms with Gasteiger partial charge in [-0.2, -0.15) is 0 Å². The molecule has 5 aromatic heterocycles. The molecule has 0 fully saturated rings. The molecule has 10 rings (SSSR count). The smallest absolute Gasteiger partial charge is 0.0572 e. The molecule has 0 saturated heterocycles. The minimum atomic E-state index is 0.887. The van der Waals surface area contributed by atoms with Crippen molar-refractivity contribution in [3.8, 4) is 33.6 Å². The first kappa shape index (κ1) is 29.1. The van der Waals surface area contributed by atoms with Crippen molar-refractivity contribution < 1.29 is 0 Å². The lowest BCUT2D eigenvalue weighted by Crippen LogP contribution is -1.94. The Morgan fingerprint density at radius 1 is 0.333 bits per heavy atom. The maximum atomic E-state index is 4.38. The van der Waals surface area contributed by atoms with Gasteiger partial charge in [-0.05, 0) is 88.3 Å². The van der Waals surface area contributed by atoms with Crippen molar-refractivity contribution in [1.29, 1.82) is 0 Å². The lowest BCUT2D eigenvalue weighted by molar-refractivity contribution is 1.17. The average Bonchev–Trinajstić information content (AvgIpc) is 3.72. The second-order valence-electron chi connectivity index (χ2n) is 13.0. The van der Waals surface area contributed by atoms with Gasteiger partial charge in [0.2, 0.25) is 0 Å². The fraction of sp³-hybridized carbons (Fsp3) is 0.0217. The predicted octanol–water partition coefficient (Wildman–Crippen LogP) is 11.0. The van der Waals surface area contributed by atoms with E-state index in [1.54, 1.807) is 0 Å². The molecule has 0 aliphatic rings. The van der Waals surface area contributed by atoms with Gasteiger partial charge in [-0.3, -0.25) is 15.0 Å². The molecule has 5 aromatic carbocycles. The third kappa shape index (κ3) is 4.98. The van der Waals surface area contributed by atoms with Crippen LogP contribution < -0.4 is 0 Å². The van der Waals surface area contributed by atoms with Gasteiger partial charge in [0.05, 0.1) is 22.1 Å². The summed E-state index contributed by atoms with van der Waals surface area (Å²) >= 11 is 0. The van der Waals surface area contributed by atoms with Gasteiger partial charge >= 0.3 is 0 Å². The van der Waals surface area contributed by atoms with Crippen LogP contribution in [-0.2, 0) is 6.42 Å². The monoisotopic (exact) mass is 653 g/mol. The van der Waals surface area contributed by atoms with Crippen LogP contribution in [0.25, 0.3) is 77.2 Å². The minimum Gasteiger partial charge on any atom is -0.309 e. The highest BCUT2D eigenvalue weighted by Crippen LogP contribution is 2.34. The number of rotatable bonds is 6. The number of aromatic nitrogens is 5. The van der Waals surface area contributed by atoms with Crippen molar-refractivity contribution in [2.24, 2.45) is 0 Å². The van der Waals surface area contributed by atoms with Crippen LogP contribution in [0.5, 0.6) is 0 Å². The maximum Gasteiger partial charge on any atom is 0.0572 e. The molecule has 5 heterocycles. The molecule has 51 heavy (non-hydrogen) atoms. The third-order valence-electron chi connectivity index (χ3n) is 10.1. The van der Waals surface area contributed by atoms with Crippen LogP contribution >= 0.6 is 0 Å². The van der Waals surface area contributed by atoms with E-state index in [2.05, 4.69) is 164 Å². The van der Waals surface area contributed by atoms with E-state index >= 15 is 0 Å². The van der Waals surface area contributed by atoms with E-state index in [1.807, 2.05) is 37.2 Å². The Kier molecular flexibility index (Phi) is 6.81. The summed E-state index contributed by atoms with van der Waals surface area (Å²) < 4.78 is 4.61. The van der Waals surface area contributed by atoms with Gasteiger partial charge in [-0.15, -0.1) is 0 Å². The van der Waals surface area contributed by atoms with Crippen molar-refractivity contribution in [1.82, 2.24) is 24.1 Å². The van der Waals surface area contributed by atoms with E-state index < -0.39 is 0 Å². The van der Waals surface area contributed by atoms with Crippen LogP contribution in [0, 0.1) is 0 Å². The van der Waals surface area contributed by atoms with Crippen molar-refractivity contribution in [2.45, 2.75) is 6.42 Å². The normalized spacial score (nSPS) is 11.6. The fourth-order valence-corrected chi connectivity index (χ4v) is 7.55. The number of para-hydroxylation sites is 1. The van der Waals surface area contributed by atoms with E-state index in [4.69, 9.17) is 0 Å². The van der Waals surface area contributed by atoms with Crippen LogP contribution in [0.15, 0.2) is 177 Å². The van der Waals surface area contributed by atoms with Gasteiger partial charge in [-0.25, -0.2) is 0 Å². The second-order valence-corrected chi connectivity index (χ2v) is 13.0. The summed E-state index contributed by atoms with van der Waals surface area (Å²) in [5, 5.41) is 4.61. The summed E-state index contributed by atoms with van der Waals surface area (Å²) in [7, 11) is 0.